The first-order valence-electron chi connectivity index (χ1n) is 8.13. The molecule has 7 nitrogen and oxygen atoms in total. The number of aliphatic hydroxyl groups is 1. The molecule has 2 aromatic rings. The molecule has 7 heteroatoms. The summed E-state index contributed by atoms with van der Waals surface area (Å²) < 4.78 is 5.64. The van der Waals surface area contributed by atoms with Gasteiger partial charge in [-0.1, -0.05) is 12.1 Å². The predicted molar refractivity (Wildman–Crippen MR) is 87.4 cm³/mol. The maximum absolute atomic E-state index is 12.4. The molecule has 1 aliphatic heterocycles. The molecule has 1 saturated heterocycles. The summed E-state index contributed by atoms with van der Waals surface area (Å²) >= 11 is 0. The summed E-state index contributed by atoms with van der Waals surface area (Å²) in [5, 5.41) is 21.0. The first-order valence-corrected chi connectivity index (χ1v) is 8.13. The Bertz CT molecular complexity index is 689. The van der Waals surface area contributed by atoms with Crippen molar-refractivity contribution in [2.75, 3.05) is 19.7 Å². The molecule has 0 spiro atoms. The van der Waals surface area contributed by atoms with Gasteiger partial charge in [0.05, 0.1) is 25.8 Å². The molecule has 3 rings (SSSR count). The van der Waals surface area contributed by atoms with E-state index >= 15 is 0 Å². The second kappa shape index (κ2) is 7.00. The number of H-pyrrole nitrogens is 1. The summed E-state index contributed by atoms with van der Waals surface area (Å²) in [5.41, 5.74) is 0.474. The summed E-state index contributed by atoms with van der Waals surface area (Å²) in [7, 11) is 0. The molecule has 1 amide bonds. The third-order valence-corrected chi connectivity index (χ3v) is 4.29. The number of hydrogen-bond acceptors (Lipinski definition) is 5. The van der Waals surface area contributed by atoms with Crippen LogP contribution in [-0.4, -0.2) is 51.0 Å². The van der Waals surface area contributed by atoms with Gasteiger partial charge in [-0.2, -0.15) is 15.4 Å². The third-order valence-electron chi connectivity index (χ3n) is 4.29. The highest BCUT2D eigenvalue weighted by molar-refractivity contribution is 5.76. The number of hydrogen-bond donors (Lipinski definition) is 2. The van der Waals surface area contributed by atoms with E-state index in [1.54, 1.807) is 4.90 Å². The van der Waals surface area contributed by atoms with Crippen molar-refractivity contribution in [1.29, 1.82) is 0 Å². The lowest BCUT2D eigenvalue weighted by Crippen LogP contribution is -2.49. The van der Waals surface area contributed by atoms with Gasteiger partial charge in [-0.3, -0.25) is 4.79 Å². The molecule has 128 valence electrons. The van der Waals surface area contributed by atoms with Crippen LogP contribution >= 0.6 is 0 Å². The van der Waals surface area contributed by atoms with Gasteiger partial charge in [0.1, 0.15) is 17.0 Å². The average molecular weight is 330 g/mol. The normalized spacial score (nSPS) is 20.8. The van der Waals surface area contributed by atoms with Crippen molar-refractivity contribution < 1.29 is 14.6 Å². The molecule has 1 fully saturated rings. The van der Waals surface area contributed by atoms with Crippen LogP contribution in [0.4, 0.5) is 0 Å². The van der Waals surface area contributed by atoms with Crippen LogP contribution in [0.3, 0.4) is 0 Å². The molecule has 1 aliphatic rings. The van der Waals surface area contributed by atoms with Crippen molar-refractivity contribution in [1.82, 2.24) is 20.3 Å². The number of rotatable bonds is 5. The molecule has 0 bridgehead atoms. The monoisotopic (exact) mass is 330 g/mol. The lowest BCUT2D eigenvalue weighted by molar-refractivity contribution is -0.139. The number of carbonyl (C=O) groups is 1. The van der Waals surface area contributed by atoms with Crippen molar-refractivity contribution in [3.8, 4) is 5.75 Å². The number of amides is 1. The van der Waals surface area contributed by atoms with E-state index in [0.717, 1.165) is 17.7 Å². The topological polar surface area (TPSA) is 91.3 Å². The number of aromatic amines is 1. The molecule has 2 N–H and O–H groups in total. The van der Waals surface area contributed by atoms with Crippen LogP contribution in [0.25, 0.3) is 0 Å². The number of aryl methyl sites for hydroxylation is 1. The Labute approximate surface area is 140 Å². The van der Waals surface area contributed by atoms with Crippen molar-refractivity contribution in [3.05, 3.63) is 41.7 Å². The highest BCUT2D eigenvalue weighted by Gasteiger charge is 2.38. The fourth-order valence-electron chi connectivity index (χ4n) is 3.00. The first-order chi connectivity index (χ1) is 11.6. The van der Waals surface area contributed by atoms with Crippen molar-refractivity contribution in [2.24, 2.45) is 0 Å². The number of nitrogens with zero attached hydrogens (tertiary/aromatic N) is 3. The summed E-state index contributed by atoms with van der Waals surface area (Å²) in [6.07, 6.45) is 3.09. The summed E-state index contributed by atoms with van der Waals surface area (Å²) in [4.78, 5) is 14.1. The highest BCUT2D eigenvalue weighted by Crippen LogP contribution is 2.29. The summed E-state index contributed by atoms with van der Waals surface area (Å²) in [6.45, 7) is 3.20. The molecule has 24 heavy (non-hydrogen) atoms. The minimum absolute atomic E-state index is 0.0238. The fraction of sp³-hybridized carbons (Fsp3) is 0.471. The number of nitrogens with one attached hydrogen (secondary N) is 1. The van der Waals surface area contributed by atoms with Crippen LogP contribution in [-0.2, 0) is 10.4 Å². The van der Waals surface area contributed by atoms with Crippen LogP contribution in [0.15, 0.2) is 30.5 Å². The van der Waals surface area contributed by atoms with Gasteiger partial charge in [0.15, 0.2) is 0 Å². The van der Waals surface area contributed by atoms with Crippen LogP contribution in [0.1, 0.15) is 30.5 Å². The highest BCUT2D eigenvalue weighted by atomic mass is 16.5. The van der Waals surface area contributed by atoms with E-state index in [1.807, 2.05) is 31.2 Å². The SMILES string of the molecule is Cc1cccc(OCCC(=O)N2CCCC(O)(c3cn[nH]n3)C2)c1. The maximum Gasteiger partial charge on any atom is 0.226 e. The minimum atomic E-state index is -1.13. The zero-order chi connectivity index (χ0) is 17.0. The van der Waals surface area contributed by atoms with E-state index in [4.69, 9.17) is 4.74 Å². The van der Waals surface area contributed by atoms with Gasteiger partial charge in [-0.05, 0) is 37.5 Å². The van der Waals surface area contributed by atoms with E-state index in [-0.39, 0.29) is 18.9 Å². The van der Waals surface area contributed by atoms with Crippen molar-refractivity contribution >= 4 is 5.91 Å². The Hall–Kier alpha value is -2.41. The van der Waals surface area contributed by atoms with Gasteiger partial charge in [0.2, 0.25) is 5.91 Å². The Morgan fingerprint density at radius 1 is 1.50 bits per heavy atom. The Balaban J connectivity index is 1.53. The zero-order valence-corrected chi connectivity index (χ0v) is 13.7. The smallest absolute Gasteiger partial charge is 0.226 e. The van der Waals surface area contributed by atoms with Crippen LogP contribution in [0.2, 0.25) is 0 Å². The van der Waals surface area contributed by atoms with Crippen molar-refractivity contribution in [2.45, 2.75) is 31.8 Å². The second-order valence-electron chi connectivity index (χ2n) is 6.22. The largest absolute Gasteiger partial charge is 0.493 e. The second-order valence-corrected chi connectivity index (χ2v) is 6.22. The van der Waals surface area contributed by atoms with E-state index in [9.17, 15) is 9.90 Å². The Morgan fingerprint density at radius 3 is 3.12 bits per heavy atom. The van der Waals surface area contributed by atoms with Gasteiger partial charge in [-0.25, -0.2) is 0 Å². The van der Waals surface area contributed by atoms with E-state index in [1.165, 1.54) is 6.20 Å². The number of piperidine rings is 1. The molecule has 0 saturated carbocycles. The van der Waals surface area contributed by atoms with Crippen LogP contribution < -0.4 is 4.74 Å². The van der Waals surface area contributed by atoms with Crippen molar-refractivity contribution in [3.63, 3.8) is 0 Å². The molecule has 1 aromatic heterocycles. The quantitative estimate of drug-likeness (QED) is 0.864. The minimum Gasteiger partial charge on any atom is -0.493 e. The number of likely N-dealkylation sites (tertiary alicyclic amines) is 1. The average Bonchev–Trinajstić information content (AvgIpc) is 3.10. The predicted octanol–water partition coefficient (Wildman–Crippen LogP) is 1.39. The zero-order valence-electron chi connectivity index (χ0n) is 13.7. The molecule has 1 unspecified atom stereocenters. The molecule has 1 atom stereocenters. The lowest BCUT2D eigenvalue weighted by atomic mass is 9.90. The van der Waals surface area contributed by atoms with Gasteiger partial charge in [0.25, 0.3) is 0 Å². The maximum atomic E-state index is 12.4. The number of ether oxygens (including phenoxy) is 1. The molecular formula is C17H22N4O3. The summed E-state index contributed by atoms with van der Waals surface area (Å²) in [5.74, 6) is 0.741. The molecular weight excluding hydrogens is 308 g/mol. The van der Waals surface area contributed by atoms with Gasteiger partial charge >= 0.3 is 0 Å². The molecule has 1 aromatic carbocycles. The van der Waals surface area contributed by atoms with E-state index in [0.29, 0.717) is 25.3 Å². The van der Waals surface area contributed by atoms with Crippen LogP contribution in [0.5, 0.6) is 5.75 Å². The summed E-state index contributed by atoms with van der Waals surface area (Å²) in [6, 6.07) is 7.74. The fourth-order valence-corrected chi connectivity index (χ4v) is 3.00. The van der Waals surface area contributed by atoms with Crippen LogP contribution in [0, 0.1) is 6.92 Å². The van der Waals surface area contributed by atoms with Gasteiger partial charge < -0.3 is 14.7 Å². The lowest BCUT2D eigenvalue weighted by Gasteiger charge is -2.38. The standard InChI is InChI=1S/C17H22N4O3/c1-13-4-2-5-14(10-13)24-9-6-16(22)21-8-3-7-17(23,12-21)15-11-18-20-19-15/h2,4-5,10-11,23H,3,6-9,12H2,1H3,(H,18,19,20). The van der Waals surface area contributed by atoms with Gasteiger partial charge in [0, 0.05) is 6.54 Å². The van der Waals surface area contributed by atoms with Gasteiger partial charge in [-0.15, -0.1) is 0 Å². The number of carbonyl (C=O) groups excluding carboxylic acids is 1. The van der Waals surface area contributed by atoms with E-state index < -0.39 is 5.60 Å². The molecule has 2 heterocycles. The van der Waals surface area contributed by atoms with E-state index in [2.05, 4.69) is 15.4 Å². The molecule has 0 radical (unpaired) electrons. The Morgan fingerprint density at radius 2 is 2.38 bits per heavy atom. The Kier molecular flexibility index (Phi) is 4.80. The number of β-amino-alcohol motifs (C(OH)–C–C–N with tert-alkyl or cyclic N) is 1. The number of aromatic nitrogens is 3. The third kappa shape index (κ3) is 3.73. The number of benzene rings is 1. The first kappa shape index (κ1) is 16.4. The molecule has 0 aliphatic carbocycles.